The Morgan fingerprint density at radius 1 is 1.25 bits per heavy atom. The van der Waals surface area contributed by atoms with Crippen LogP contribution in [0.4, 0.5) is 0 Å². The molecule has 0 radical (unpaired) electrons. The predicted molar refractivity (Wildman–Crippen MR) is 90.4 cm³/mol. The van der Waals surface area contributed by atoms with Crippen LogP contribution >= 0.6 is 0 Å². The number of nitrogens with one attached hydrogen (secondary N) is 1. The summed E-state index contributed by atoms with van der Waals surface area (Å²) in [7, 11) is 0. The van der Waals surface area contributed by atoms with Crippen LogP contribution in [0.3, 0.4) is 0 Å². The molecule has 24 heavy (non-hydrogen) atoms. The maximum absolute atomic E-state index is 4.36. The van der Waals surface area contributed by atoms with Crippen LogP contribution in [0.15, 0.2) is 0 Å². The van der Waals surface area contributed by atoms with Gasteiger partial charge in [-0.3, -0.25) is 0 Å². The number of aromatic nitrogens is 7. The van der Waals surface area contributed by atoms with E-state index >= 15 is 0 Å². The zero-order chi connectivity index (χ0) is 16.9. The number of tetrazole rings is 1. The zero-order valence-electron chi connectivity index (χ0n) is 14.9. The molecule has 2 aromatic rings. The van der Waals surface area contributed by atoms with Gasteiger partial charge in [0.2, 0.25) is 0 Å². The Balaban J connectivity index is 1.51. The molecule has 0 bridgehead atoms. The highest BCUT2D eigenvalue weighted by Crippen LogP contribution is 2.23. The number of fused-ring (bicyclic) bond motifs is 1. The smallest absolute Gasteiger partial charge is 0.165 e. The standard InChI is InChI=1S/C16H28N8/c1-4-5-8-24-15(19-21-22-24)10-17-9-13-6-7-14-18-20-16(12(2)3)23(14)11-13/h12-13,17H,4-11H2,1-3H3/t13-/m0/s1. The Kier molecular flexibility index (Phi) is 5.55. The summed E-state index contributed by atoms with van der Waals surface area (Å²) in [5.41, 5.74) is 0. The summed E-state index contributed by atoms with van der Waals surface area (Å²) in [5.74, 6) is 4.19. The number of unbranched alkanes of at least 4 members (excludes halogenated alkanes) is 1. The van der Waals surface area contributed by atoms with E-state index < -0.39 is 0 Å². The molecule has 1 N–H and O–H groups in total. The second-order valence-electron chi connectivity index (χ2n) is 6.95. The Bertz CT molecular complexity index is 644. The first-order valence-electron chi connectivity index (χ1n) is 9.06. The molecule has 0 aromatic carbocycles. The fraction of sp³-hybridized carbons (Fsp3) is 0.812. The third-order valence-corrected chi connectivity index (χ3v) is 4.64. The summed E-state index contributed by atoms with van der Waals surface area (Å²) in [5, 5.41) is 24.2. The second-order valence-corrected chi connectivity index (χ2v) is 6.95. The minimum atomic E-state index is 0.418. The lowest BCUT2D eigenvalue weighted by Crippen LogP contribution is -2.31. The van der Waals surface area contributed by atoms with Crippen LogP contribution in [-0.4, -0.2) is 41.5 Å². The van der Waals surface area contributed by atoms with Gasteiger partial charge in [-0.15, -0.1) is 15.3 Å². The van der Waals surface area contributed by atoms with Crippen LogP contribution < -0.4 is 5.32 Å². The van der Waals surface area contributed by atoms with E-state index in [0.29, 0.717) is 11.8 Å². The van der Waals surface area contributed by atoms with Crippen molar-refractivity contribution in [3.05, 3.63) is 17.5 Å². The van der Waals surface area contributed by atoms with Crippen molar-refractivity contribution in [1.29, 1.82) is 0 Å². The largest absolute Gasteiger partial charge is 0.314 e. The molecule has 1 aliphatic rings. The maximum atomic E-state index is 4.36. The van der Waals surface area contributed by atoms with Gasteiger partial charge in [0.15, 0.2) is 5.82 Å². The SMILES string of the molecule is CCCCn1nnnc1CNC[C@@H]1CCc2nnc(C(C)C)n2C1. The average Bonchev–Trinajstić information content (AvgIpc) is 3.19. The van der Waals surface area contributed by atoms with E-state index in [0.717, 1.165) is 69.3 Å². The van der Waals surface area contributed by atoms with Gasteiger partial charge in [0.1, 0.15) is 11.6 Å². The van der Waals surface area contributed by atoms with Crippen LogP contribution in [0.25, 0.3) is 0 Å². The first-order valence-corrected chi connectivity index (χ1v) is 9.06. The third kappa shape index (κ3) is 3.80. The first kappa shape index (κ1) is 17.0. The number of nitrogens with zero attached hydrogens (tertiary/aromatic N) is 7. The lowest BCUT2D eigenvalue weighted by Gasteiger charge is -2.25. The van der Waals surface area contributed by atoms with Gasteiger partial charge in [0, 0.05) is 32.0 Å². The Morgan fingerprint density at radius 3 is 2.92 bits per heavy atom. The van der Waals surface area contributed by atoms with Crippen molar-refractivity contribution < 1.29 is 0 Å². The molecule has 1 atom stereocenters. The predicted octanol–water partition coefficient (Wildman–Crippen LogP) is 1.54. The van der Waals surface area contributed by atoms with Gasteiger partial charge in [-0.1, -0.05) is 27.2 Å². The molecule has 8 nitrogen and oxygen atoms in total. The number of hydrogen-bond donors (Lipinski definition) is 1. The van der Waals surface area contributed by atoms with Gasteiger partial charge in [-0.05, 0) is 29.2 Å². The van der Waals surface area contributed by atoms with Crippen molar-refractivity contribution in [2.75, 3.05) is 6.54 Å². The summed E-state index contributed by atoms with van der Waals surface area (Å²) in [6, 6.07) is 0. The van der Waals surface area contributed by atoms with Crippen LogP contribution in [0, 0.1) is 5.92 Å². The molecule has 3 heterocycles. The fourth-order valence-electron chi connectivity index (χ4n) is 3.23. The minimum absolute atomic E-state index is 0.418. The molecule has 0 amide bonds. The number of hydrogen-bond acceptors (Lipinski definition) is 6. The van der Waals surface area contributed by atoms with Crippen molar-refractivity contribution in [2.24, 2.45) is 5.92 Å². The number of aryl methyl sites for hydroxylation is 2. The van der Waals surface area contributed by atoms with E-state index in [4.69, 9.17) is 0 Å². The zero-order valence-corrected chi connectivity index (χ0v) is 14.9. The highest BCUT2D eigenvalue weighted by molar-refractivity contribution is 5.03. The molecule has 0 spiro atoms. The van der Waals surface area contributed by atoms with Crippen molar-refractivity contribution >= 4 is 0 Å². The fourth-order valence-corrected chi connectivity index (χ4v) is 3.23. The van der Waals surface area contributed by atoms with Crippen LogP contribution in [0.1, 0.15) is 63.4 Å². The highest BCUT2D eigenvalue weighted by Gasteiger charge is 2.23. The summed E-state index contributed by atoms with van der Waals surface area (Å²) < 4.78 is 4.22. The lowest BCUT2D eigenvalue weighted by atomic mass is 9.98. The molecular weight excluding hydrogens is 304 g/mol. The Morgan fingerprint density at radius 2 is 2.12 bits per heavy atom. The van der Waals surface area contributed by atoms with Gasteiger partial charge >= 0.3 is 0 Å². The summed E-state index contributed by atoms with van der Waals surface area (Å²) in [4.78, 5) is 0. The molecule has 8 heteroatoms. The van der Waals surface area contributed by atoms with Crippen molar-refractivity contribution in [3.8, 4) is 0 Å². The van der Waals surface area contributed by atoms with E-state index in [1.54, 1.807) is 0 Å². The Hall–Kier alpha value is -1.83. The van der Waals surface area contributed by atoms with Gasteiger partial charge in [0.25, 0.3) is 0 Å². The molecule has 0 unspecified atom stereocenters. The van der Waals surface area contributed by atoms with Gasteiger partial charge in [-0.25, -0.2) is 4.68 Å². The van der Waals surface area contributed by atoms with E-state index in [1.165, 1.54) is 0 Å². The highest BCUT2D eigenvalue weighted by atomic mass is 15.5. The van der Waals surface area contributed by atoms with E-state index in [-0.39, 0.29) is 0 Å². The van der Waals surface area contributed by atoms with Crippen LogP contribution in [-0.2, 0) is 26.1 Å². The van der Waals surface area contributed by atoms with Crippen LogP contribution in [0.5, 0.6) is 0 Å². The van der Waals surface area contributed by atoms with Crippen molar-refractivity contribution in [3.63, 3.8) is 0 Å². The second kappa shape index (κ2) is 7.83. The minimum Gasteiger partial charge on any atom is -0.314 e. The monoisotopic (exact) mass is 332 g/mol. The summed E-state index contributed by atoms with van der Waals surface area (Å²) >= 11 is 0. The summed E-state index contributed by atoms with van der Waals surface area (Å²) in [6.07, 6.45) is 4.42. The molecular formula is C16H28N8. The lowest BCUT2D eigenvalue weighted by molar-refractivity contribution is 0.337. The van der Waals surface area contributed by atoms with E-state index in [1.807, 2.05) is 4.68 Å². The van der Waals surface area contributed by atoms with Crippen molar-refractivity contribution in [2.45, 2.75) is 72.0 Å². The first-order chi connectivity index (χ1) is 11.7. The molecule has 0 fully saturated rings. The quantitative estimate of drug-likeness (QED) is 0.789. The molecule has 132 valence electrons. The van der Waals surface area contributed by atoms with Gasteiger partial charge in [-0.2, -0.15) is 0 Å². The van der Waals surface area contributed by atoms with E-state index in [9.17, 15) is 0 Å². The third-order valence-electron chi connectivity index (χ3n) is 4.64. The number of rotatable bonds is 8. The van der Waals surface area contributed by atoms with E-state index in [2.05, 4.69) is 56.4 Å². The van der Waals surface area contributed by atoms with Gasteiger partial charge in [0.05, 0.1) is 6.54 Å². The van der Waals surface area contributed by atoms with Gasteiger partial charge < -0.3 is 9.88 Å². The topological polar surface area (TPSA) is 86.3 Å². The van der Waals surface area contributed by atoms with Crippen LogP contribution in [0.2, 0.25) is 0 Å². The average molecular weight is 332 g/mol. The molecule has 0 aliphatic carbocycles. The molecule has 1 aliphatic heterocycles. The maximum Gasteiger partial charge on any atom is 0.165 e. The molecule has 2 aromatic heterocycles. The van der Waals surface area contributed by atoms with Crippen molar-refractivity contribution in [1.82, 2.24) is 40.3 Å². The summed E-state index contributed by atoms with van der Waals surface area (Å²) in [6.45, 7) is 10.1. The Labute approximate surface area is 143 Å². The molecule has 0 saturated heterocycles. The molecule has 0 saturated carbocycles. The molecule has 3 rings (SSSR count). The normalized spacial score (nSPS) is 17.4.